The van der Waals surface area contributed by atoms with E-state index in [4.69, 9.17) is 9.47 Å². The van der Waals surface area contributed by atoms with E-state index in [1.165, 1.54) is 11.3 Å². The Hall–Kier alpha value is -2.61. The Balaban J connectivity index is 1.68. The SMILES string of the molecule is CCOC(=O)Oc1csc(Nc2cc(C(=O)NC3CC3)ccc2C)n1. The summed E-state index contributed by atoms with van der Waals surface area (Å²) < 4.78 is 9.66. The van der Waals surface area contributed by atoms with Crippen molar-refractivity contribution < 1.29 is 19.1 Å². The summed E-state index contributed by atoms with van der Waals surface area (Å²) in [5, 5.41) is 8.29. The van der Waals surface area contributed by atoms with E-state index >= 15 is 0 Å². The second-order valence-electron chi connectivity index (χ2n) is 5.68. The zero-order valence-corrected chi connectivity index (χ0v) is 14.8. The molecule has 0 bridgehead atoms. The third-order valence-corrected chi connectivity index (χ3v) is 4.32. The second-order valence-corrected chi connectivity index (χ2v) is 6.54. The van der Waals surface area contributed by atoms with Crippen LogP contribution in [0.4, 0.5) is 15.6 Å². The molecular formula is C17H19N3O4S. The van der Waals surface area contributed by atoms with Gasteiger partial charge in [-0.1, -0.05) is 6.07 Å². The first-order valence-corrected chi connectivity index (χ1v) is 8.91. The van der Waals surface area contributed by atoms with Gasteiger partial charge in [0.2, 0.25) is 5.88 Å². The minimum absolute atomic E-state index is 0.0731. The van der Waals surface area contributed by atoms with Crippen LogP contribution >= 0.6 is 11.3 Å². The Kier molecular flexibility index (Phi) is 5.18. The van der Waals surface area contributed by atoms with Gasteiger partial charge in [-0.3, -0.25) is 4.79 Å². The predicted molar refractivity (Wildman–Crippen MR) is 94.7 cm³/mol. The number of aryl methyl sites for hydroxylation is 1. The maximum Gasteiger partial charge on any atom is 0.515 e. The summed E-state index contributed by atoms with van der Waals surface area (Å²) in [5.41, 5.74) is 2.35. The number of hydrogen-bond donors (Lipinski definition) is 2. The molecule has 0 radical (unpaired) electrons. The summed E-state index contributed by atoms with van der Waals surface area (Å²) in [7, 11) is 0. The molecule has 1 heterocycles. The van der Waals surface area contributed by atoms with Crippen LogP contribution in [-0.2, 0) is 4.74 Å². The van der Waals surface area contributed by atoms with Gasteiger partial charge in [-0.25, -0.2) is 4.79 Å². The quantitative estimate of drug-likeness (QED) is 0.764. The number of aromatic nitrogens is 1. The summed E-state index contributed by atoms with van der Waals surface area (Å²) in [6, 6.07) is 5.79. The molecule has 0 atom stereocenters. The molecule has 1 aliphatic rings. The van der Waals surface area contributed by atoms with Crippen LogP contribution in [0.3, 0.4) is 0 Å². The van der Waals surface area contributed by atoms with Crippen molar-refractivity contribution in [2.75, 3.05) is 11.9 Å². The van der Waals surface area contributed by atoms with Crippen molar-refractivity contribution in [1.82, 2.24) is 10.3 Å². The summed E-state index contributed by atoms with van der Waals surface area (Å²) >= 11 is 1.29. The van der Waals surface area contributed by atoms with Gasteiger partial charge in [0.15, 0.2) is 5.13 Å². The van der Waals surface area contributed by atoms with E-state index < -0.39 is 6.16 Å². The van der Waals surface area contributed by atoms with Crippen LogP contribution in [0.25, 0.3) is 0 Å². The van der Waals surface area contributed by atoms with Crippen molar-refractivity contribution in [3.63, 3.8) is 0 Å². The molecule has 0 saturated heterocycles. The number of rotatable bonds is 6. The summed E-state index contributed by atoms with van der Waals surface area (Å²) in [6.45, 7) is 3.88. The van der Waals surface area contributed by atoms with E-state index in [0.717, 1.165) is 24.1 Å². The normalized spacial score (nSPS) is 13.2. The van der Waals surface area contributed by atoms with Crippen LogP contribution in [0.2, 0.25) is 0 Å². The molecule has 2 N–H and O–H groups in total. The third-order valence-electron chi connectivity index (χ3n) is 3.59. The second kappa shape index (κ2) is 7.52. The minimum atomic E-state index is -0.783. The lowest BCUT2D eigenvalue weighted by Crippen LogP contribution is -2.25. The lowest BCUT2D eigenvalue weighted by molar-refractivity contribution is 0.0950. The highest BCUT2D eigenvalue weighted by molar-refractivity contribution is 7.14. The number of carbonyl (C=O) groups excluding carboxylic acids is 2. The smallest absolute Gasteiger partial charge is 0.434 e. The van der Waals surface area contributed by atoms with Gasteiger partial charge in [0.05, 0.1) is 12.0 Å². The number of nitrogens with zero attached hydrogens (tertiary/aromatic N) is 1. The van der Waals surface area contributed by atoms with Crippen molar-refractivity contribution in [2.24, 2.45) is 0 Å². The van der Waals surface area contributed by atoms with Crippen LogP contribution in [0.1, 0.15) is 35.7 Å². The van der Waals surface area contributed by atoms with Crippen molar-refractivity contribution in [3.8, 4) is 5.88 Å². The maximum atomic E-state index is 12.2. The molecule has 132 valence electrons. The van der Waals surface area contributed by atoms with Gasteiger partial charge in [-0.15, -0.1) is 11.3 Å². The standard InChI is InChI=1S/C17H19N3O4S/c1-3-23-17(22)24-14-9-25-16(20-14)19-13-8-11(5-4-10(13)2)15(21)18-12-6-7-12/h4-5,8-9,12H,3,6-7H2,1-2H3,(H,18,21)(H,19,20). The van der Waals surface area contributed by atoms with Crippen LogP contribution in [0.5, 0.6) is 5.88 Å². The molecule has 8 heteroatoms. The van der Waals surface area contributed by atoms with Gasteiger partial charge < -0.3 is 20.1 Å². The van der Waals surface area contributed by atoms with E-state index in [0.29, 0.717) is 16.7 Å². The number of ether oxygens (including phenoxy) is 2. The number of thiazole rings is 1. The molecule has 25 heavy (non-hydrogen) atoms. The fraction of sp³-hybridized carbons (Fsp3) is 0.353. The summed E-state index contributed by atoms with van der Waals surface area (Å²) in [6.07, 6.45) is 1.31. The average molecular weight is 361 g/mol. The summed E-state index contributed by atoms with van der Waals surface area (Å²) in [4.78, 5) is 27.7. The van der Waals surface area contributed by atoms with Crippen LogP contribution in [0.15, 0.2) is 23.6 Å². The van der Waals surface area contributed by atoms with Crippen LogP contribution in [0, 0.1) is 6.92 Å². The first-order chi connectivity index (χ1) is 12.0. The molecule has 7 nitrogen and oxygen atoms in total. The van der Waals surface area contributed by atoms with E-state index in [-0.39, 0.29) is 18.4 Å². The number of nitrogens with one attached hydrogen (secondary N) is 2. The van der Waals surface area contributed by atoms with Crippen LogP contribution < -0.4 is 15.4 Å². The minimum Gasteiger partial charge on any atom is -0.434 e. The molecule has 1 aromatic heterocycles. The van der Waals surface area contributed by atoms with Crippen molar-refractivity contribution in [1.29, 1.82) is 0 Å². The van der Waals surface area contributed by atoms with Gasteiger partial charge in [0.25, 0.3) is 5.91 Å². The lowest BCUT2D eigenvalue weighted by atomic mass is 10.1. The number of benzene rings is 1. The van der Waals surface area contributed by atoms with Gasteiger partial charge in [0.1, 0.15) is 0 Å². The first kappa shape index (κ1) is 17.2. The van der Waals surface area contributed by atoms with Crippen LogP contribution in [-0.4, -0.2) is 29.7 Å². The molecule has 0 spiro atoms. The fourth-order valence-electron chi connectivity index (χ4n) is 2.11. The molecule has 3 rings (SSSR count). The van der Waals surface area contributed by atoms with E-state index in [1.54, 1.807) is 24.4 Å². The zero-order valence-electron chi connectivity index (χ0n) is 14.0. The molecular weight excluding hydrogens is 342 g/mol. The molecule has 1 fully saturated rings. The molecule has 1 amide bonds. The number of anilines is 2. The molecule has 1 aromatic carbocycles. The number of hydrogen-bond acceptors (Lipinski definition) is 7. The topological polar surface area (TPSA) is 89.5 Å². The van der Waals surface area contributed by atoms with E-state index in [2.05, 4.69) is 15.6 Å². The van der Waals surface area contributed by atoms with E-state index in [1.807, 2.05) is 13.0 Å². The van der Waals surface area contributed by atoms with Crippen molar-refractivity contribution >= 4 is 34.2 Å². The Morgan fingerprint density at radius 1 is 1.36 bits per heavy atom. The largest absolute Gasteiger partial charge is 0.515 e. The number of carbonyl (C=O) groups is 2. The Morgan fingerprint density at radius 2 is 2.16 bits per heavy atom. The highest BCUT2D eigenvalue weighted by Gasteiger charge is 2.24. The maximum absolute atomic E-state index is 12.2. The van der Waals surface area contributed by atoms with Gasteiger partial charge in [-0.05, 0) is 44.4 Å². The lowest BCUT2D eigenvalue weighted by Gasteiger charge is -2.10. The monoisotopic (exact) mass is 361 g/mol. The molecule has 1 saturated carbocycles. The number of amides is 1. The fourth-order valence-corrected chi connectivity index (χ4v) is 2.73. The highest BCUT2D eigenvalue weighted by Crippen LogP contribution is 2.27. The Morgan fingerprint density at radius 3 is 2.88 bits per heavy atom. The van der Waals surface area contributed by atoms with Gasteiger partial charge in [0, 0.05) is 17.3 Å². The van der Waals surface area contributed by atoms with Crippen molar-refractivity contribution in [3.05, 3.63) is 34.7 Å². The van der Waals surface area contributed by atoms with Gasteiger partial charge in [-0.2, -0.15) is 4.98 Å². The summed E-state index contributed by atoms with van der Waals surface area (Å²) in [5.74, 6) is 0.0993. The molecule has 0 aliphatic heterocycles. The molecule has 2 aromatic rings. The highest BCUT2D eigenvalue weighted by atomic mass is 32.1. The van der Waals surface area contributed by atoms with Crippen molar-refractivity contribution in [2.45, 2.75) is 32.7 Å². The third kappa shape index (κ3) is 4.69. The van der Waals surface area contributed by atoms with Gasteiger partial charge >= 0.3 is 6.16 Å². The molecule has 1 aliphatic carbocycles. The first-order valence-electron chi connectivity index (χ1n) is 8.04. The van der Waals surface area contributed by atoms with E-state index in [9.17, 15) is 9.59 Å². The zero-order chi connectivity index (χ0) is 17.8. The average Bonchev–Trinajstić information content (AvgIpc) is 3.28. The molecule has 0 unspecified atom stereocenters. The Labute approximate surface area is 149 Å². The Bertz CT molecular complexity index is 786. The predicted octanol–water partition coefficient (Wildman–Crippen LogP) is 3.62.